The number of benzene rings is 3. The molecule has 6 aliphatic heterocycles. The Morgan fingerprint density at radius 2 is 0.859 bits per heavy atom. The lowest BCUT2D eigenvalue weighted by Gasteiger charge is -2.39. The van der Waals surface area contributed by atoms with Crippen LogP contribution in [0.15, 0.2) is 66.7 Å². The van der Waals surface area contributed by atoms with Gasteiger partial charge in [-0.3, -0.25) is 52.7 Å². The molecule has 0 aliphatic carbocycles. The number of carbonyl (C=O) groups excluding carboxylic acids is 9. The number of unbranched alkanes of at least 4 members (excludes halogenated alkanes) is 5. The van der Waals surface area contributed by atoms with E-state index >= 15 is 0 Å². The maximum atomic E-state index is 14.8. The number of aliphatic hydroxyl groups excluding tert-OH is 16. The van der Waals surface area contributed by atoms with Gasteiger partial charge in [0.05, 0.1) is 89.6 Å². The molecular formula is C84H126N12O38P-. The standard InChI is InChI=1S/C84H127N12O38P/c1-124-135(122,123)130-31-12-3-2-10-24-85-61(104)22-23-62(105)95-40-45-13-6-7-14-49(45)63-64(50-15-8-9-16-53(50)95)96(94-93-63)30-11-4-5-17-58(101)86-25-32-125-48-38-46(77(118)91-51(79(120)89-28-35-128-83-75(116)71(112)67(108)56(43-99)133-83)18-20-59(102)87-26-33-126-81-73(114)69(110)65(106)54(41-97)131-81)37-47(39-48)78(119)92-52(80(121)90-29-36-129-84-76(117)72(113)68(109)57(44-100)134-84)19-21-60(103)88-27-34-127-82-74(115)70(111)66(107)55(42-98)132-82/h6-9,13-16,37-39,51-52,54-57,65-76,81-84,93-94,97-100,106-117H,2-5,10-12,17-36,40-44H2,1H3,(H,85,104)(H,86,101)(H,87,102)(H,88,103)(H,89,120)(H,90,121)(H,91,118)(H,92,119)(H,122,123)/p-1/t51?,52?,54?,55?,56?,57?,65-,66-,67-,68-,69+,70+,71+,72+,73?,74?,75?,76?,81-,82-,83+,84+/m1/s1. The number of amides is 9. The summed E-state index contributed by atoms with van der Waals surface area (Å²) in [6.07, 6.45) is -31.3. The summed E-state index contributed by atoms with van der Waals surface area (Å²) in [6.45, 7) is -5.80. The topological polar surface area (TPSA) is 746 Å². The van der Waals surface area contributed by atoms with E-state index in [-0.39, 0.29) is 89.4 Å². The third kappa shape index (κ3) is 32.1. The first-order valence-corrected chi connectivity index (χ1v) is 45.9. The fourth-order valence-corrected chi connectivity index (χ4v) is 15.6. The van der Waals surface area contributed by atoms with Gasteiger partial charge in [-0.2, -0.15) is 0 Å². The third-order valence-electron chi connectivity index (χ3n) is 22.8. The van der Waals surface area contributed by atoms with Crippen LogP contribution in [0.4, 0.5) is 5.69 Å². The summed E-state index contributed by atoms with van der Waals surface area (Å²) in [5.74, 6) is -6.93. The molecule has 0 radical (unpaired) electrons. The first-order chi connectivity index (χ1) is 64.7. The molecule has 11 unspecified atom stereocenters. The van der Waals surface area contributed by atoms with Crippen LogP contribution in [0.1, 0.15) is 127 Å². The van der Waals surface area contributed by atoms with Gasteiger partial charge < -0.3 is 191 Å². The number of phosphoric acid groups is 1. The number of hydrogen-bond donors (Lipinski definition) is 26. The maximum absolute atomic E-state index is 14.8. The Balaban J connectivity index is 0.876. The number of para-hydroxylation sites is 1. The highest BCUT2D eigenvalue weighted by Crippen LogP contribution is 2.41. The van der Waals surface area contributed by atoms with E-state index in [1.165, 1.54) is 0 Å². The number of ether oxygens (including phenoxy) is 9. The molecule has 0 aromatic heterocycles. The number of hydrogen-bond acceptors (Lipinski definition) is 41. The summed E-state index contributed by atoms with van der Waals surface area (Å²) in [4.78, 5) is 139. The highest BCUT2D eigenvalue weighted by Gasteiger charge is 2.48. The molecule has 4 saturated heterocycles. The number of phosphoric ester groups is 1. The van der Waals surface area contributed by atoms with Crippen molar-refractivity contribution in [2.24, 2.45) is 0 Å². The predicted molar refractivity (Wildman–Crippen MR) is 460 cm³/mol. The van der Waals surface area contributed by atoms with Crippen molar-refractivity contribution in [1.82, 2.24) is 58.5 Å². The average Bonchev–Trinajstić information content (AvgIpc) is 1.67. The van der Waals surface area contributed by atoms with E-state index in [1.54, 1.807) is 4.90 Å². The van der Waals surface area contributed by atoms with E-state index in [2.05, 4.69) is 58.0 Å². The molecule has 0 saturated carbocycles. The lowest BCUT2D eigenvalue weighted by atomic mass is 9.95. The smallest absolute Gasteiger partial charge is 0.267 e. The van der Waals surface area contributed by atoms with Crippen LogP contribution in [-0.4, -0.2) is 394 Å². The van der Waals surface area contributed by atoms with Crippen LogP contribution < -0.4 is 68.0 Å². The van der Waals surface area contributed by atoms with E-state index in [1.807, 2.05) is 53.5 Å². The average molecular weight is 1940 g/mol. The first-order valence-electron chi connectivity index (χ1n) is 44.4. The summed E-state index contributed by atoms with van der Waals surface area (Å²) in [6, 6.07) is 15.0. The molecule has 135 heavy (non-hydrogen) atoms. The van der Waals surface area contributed by atoms with Crippen molar-refractivity contribution in [2.75, 3.05) is 124 Å². The molecule has 23 atom stereocenters. The van der Waals surface area contributed by atoms with Crippen molar-refractivity contribution in [1.29, 1.82) is 0 Å². The third-order valence-corrected chi connectivity index (χ3v) is 23.7. The van der Waals surface area contributed by atoms with Gasteiger partial charge in [0.1, 0.15) is 122 Å². The van der Waals surface area contributed by atoms with Crippen LogP contribution in [0.25, 0.3) is 11.4 Å². The summed E-state index contributed by atoms with van der Waals surface area (Å²) in [5, 5.41) is 186. The van der Waals surface area contributed by atoms with E-state index in [0.29, 0.717) is 63.7 Å². The Bertz CT molecular complexity index is 4240. The minimum Gasteiger partial charge on any atom is -0.756 e. The van der Waals surface area contributed by atoms with E-state index in [9.17, 15) is 134 Å². The Morgan fingerprint density at radius 3 is 1.33 bits per heavy atom. The fraction of sp³-hybridized carbons (Fsp3) is 0.655. The quantitative estimate of drug-likeness (QED) is 0.0184. The number of fused-ring (bicyclic) bond motifs is 4. The highest BCUT2D eigenvalue weighted by molar-refractivity contribution is 7.45. The van der Waals surface area contributed by atoms with Crippen LogP contribution in [0.5, 0.6) is 5.75 Å². The minimum atomic E-state index is -4.31. The largest absolute Gasteiger partial charge is 0.756 e. The number of nitrogens with zero attached hydrogens (tertiary/aromatic N) is 2. The first kappa shape index (κ1) is 110. The molecular weight excluding hydrogens is 1820 g/mol. The van der Waals surface area contributed by atoms with Crippen LogP contribution in [0, 0.1) is 0 Å². The molecule has 6 heterocycles. The van der Waals surface area contributed by atoms with Crippen LogP contribution in [0.3, 0.4) is 0 Å². The molecule has 3 aromatic rings. The molecule has 0 bridgehead atoms. The lowest BCUT2D eigenvalue weighted by molar-refractivity contribution is -0.300. The molecule has 9 amide bonds. The predicted octanol–water partition coefficient (Wildman–Crippen LogP) is -9.48. The van der Waals surface area contributed by atoms with Crippen LogP contribution >= 0.6 is 7.82 Å². The molecule has 4 fully saturated rings. The Hall–Kier alpha value is -8.86. The monoisotopic (exact) mass is 1940 g/mol. The lowest BCUT2D eigenvalue weighted by Crippen LogP contribution is -2.59. The van der Waals surface area contributed by atoms with Crippen molar-refractivity contribution in [3.05, 3.63) is 94.5 Å². The van der Waals surface area contributed by atoms with Crippen molar-refractivity contribution in [2.45, 2.75) is 231 Å². The minimum absolute atomic E-state index is 0.0223. The number of carbonyl (C=O) groups is 9. The second kappa shape index (κ2) is 55.1. The van der Waals surface area contributed by atoms with E-state index in [4.69, 9.17) is 47.2 Å². The van der Waals surface area contributed by atoms with Gasteiger partial charge in [0.25, 0.3) is 19.6 Å². The zero-order chi connectivity index (χ0) is 98.0. The molecule has 50 nitrogen and oxygen atoms in total. The summed E-state index contributed by atoms with van der Waals surface area (Å²) in [5.41, 5.74) is 10.2. The number of nitrogens with one attached hydrogen (secondary N) is 10. The van der Waals surface area contributed by atoms with Crippen molar-refractivity contribution >= 4 is 78.1 Å². The van der Waals surface area contributed by atoms with Gasteiger partial charge in [0.2, 0.25) is 41.4 Å². The molecule has 756 valence electrons. The summed E-state index contributed by atoms with van der Waals surface area (Å²) >= 11 is 0. The van der Waals surface area contributed by atoms with Gasteiger partial charge in [-0.05, 0) is 68.4 Å². The SMILES string of the molecule is COP(=O)([O-])OCCCCCCNC(=O)CCC(=O)N1Cc2ccccc2C2=C(c3ccccc31)N(CCCCCC(=O)NCCOc1cc(C(=O)NC(CCC(=O)NCCO[C@@H]3OC(CO)[C@@H](O)[C@H](O)C3O)C(=O)NCCO[C@H]3OC(CO)[C@@H](O)[C@H](O)C3O)cc(C(=O)NC(CCC(=O)NCCO[C@@H]3OC(CO)[C@@H](O)[C@H](O)C3O)C(=O)NCCO[C@H]3OC(CO)[C@@H](O)[C@H](O)C3O)c1)NN2. The molecule has 9 rings (SSSR count). The Labute approximate surface area is 775 Å². The number of anilines is 1. The van der Waals surface area contributed by atoms with Crippen molar-refractivity contribution < 1.29 is 186 Å². The number of rotatable bonds is 54. The zero-order valence-corrected chi connectivity index (χ0v) is 75.1. The zero-order valence-electron chi connectivity index (χ0n) is 74.2. The Morgan fingerprint density at radius 1 is 0.452 bits per heavy atom. The van der Waals surface area contributed by atoms with Crippen LogP contribution in [-0.2, 0) is 91.6 Å². The molecule has 51 heteroatoms. The molecule has 0 spiro atoms. The fourth-order valence-electron chi connectivity index (χ4n) is 15.2. The van der Waals surface area contributed by atoms with Gasteiger partial charge >= 0.3 is 0 Å². The van der Waals surface area contributed by atoms with Crippen LogP contribution in [0.2, 0.25) is 0 Å². The van der Waals surface area contributed by atoms with Gasteiger partial charge in [0.15, 0.2) is 25.2 Å². The van der Waals surface area contributed by atoms with Crippen molar-refractivity contribution in [3.8, 4) is 5.75 Å². The normalized spacial score (nSPS) is 26.9. The summed E-state index contributed by atoms with van der Waals surface area (Å²) < 4.78 is 70.0. The maximum Gasteiger partial charge on any atom is 0.267 e. The second-order valence-electron chi connectivity index (χ2n) is 32.4. The van der Waals surface area contributed by atoms with Gasteiger partial charge in [-0.25, -0.2) is 0 Å². The van der Waals surface area contributed by atoms with Gasteiger partial charge in [-0.15, -0.1) is 5.53 Å². The second-order valence-corrected chi connectivity index (χ2v) is 33.9. The number of hydrazine groups is 2. The molecule has 3 aromatic carbocycles. The van der Waals surface area contributed by atoms with Gasteiger partial charge in [0, 0.05) is 101 Å². The van der Waals surface area contributed by atoms with E-state index < -0.39 is 274 Å². The Kier molecular flexibility index (Phi) is 44.8. The molecule has 6 aliphatic rings. The number of aliphatic hydroxyl groups is 16. The summed E-state index contributed by atoms with van der Waals surface area (Å²) in [7, 11) is -3.29. The van der Waals surface area contributed by atoms with Gasteiger partial charge in [-0.1, -0.05) is 61.7 Å². The molecule has 26 N–H and O–H groups in total. The van der Waals surface area contributed by atoms with E-state index in [0.717, 1.165) is 53.4 Å². The highest BCUT2D eigenvalue weighted by atomic mass is 31.2. The van der Waals surface area contributed by atoms with Crippen molar-refractivity contribution in [3.63, 3.8) is 0 Å².